The van der Waals surface area contributed by atoms with Gasteiger partial charge in [-0.3, -0.25) is 0 Å². The van der Waals surface area contributed by atoms with E-state index in [0.717, 1.165) is 11.8 Å². The molecule has 0 saturated heterocycles. The van der Waals surface area contributed by atoms with Crippen LogP contribution in [0.3, 0.4) is 0 Å². The maximum Gasteiger partial charge on any atom is 0.376 e. The minimum atomic E-state index is -0.645. The van der Waals surface area contributed by atoms with Crippen LogP contribution in [0, 0.1) is 0 Å². The highest BCUT2D eigenvalue weighted by Crippen LogP contribution is 2.29. The van der Waals surface area contributed by atoms with Crippen molar-refractivity contribution < 1.29 is 9.82 Å². The van der Waals surface area contributed by atoms with Crippen molar-refractivity contribution in [3.8, 4) is 0 Å². The SMILES string of the molecule is CB(O)N(C)[C@H](C=O)C(C)(C)c1ccccc1. The molecule has 0 radical (unpaired) electrons. The maximum atomic E-state index is 11.3. The molecule has 0 amide bonds. The summed E-state index contributed by atoms with van der Waals surface area (Å²) in [4.78, 5) is 13.0. The molecular formula is C13H20BNO2. The fraction of sp³-hybridized carbons (Fsp3) is 0.462. The zero-order valence-electron chi connectivity index (χ0n) is 10.9. The second kappa shape index (κ2) is 5.47. The van der Waals surface area contributed by atoms with Gasteiger partial charge in [-0.15, -0.1) is 0 Å². The Morgan fingerprint density at radius 1 is 1.35 bits per heavy atom. The van der Waals surface area contributed by atoms with Crippen molar-refractivity contribution in [2.45, 2.75) is 32.1 Å². The number of carbonyl (C=O) groups excluding carboxylic acids is 1. The summed E-state index contributed by atoms with van der Waals surface area (Å²) in [5.74, 6) is 0. The minimum absolute atomic E-state index is 0.339. The molecule has 1 aromatic carbocycles. The van der Waals surface area contributed by atoms with Crippen LogP contribution in [0.1, 0.15) is 19.4 Å². The van der Waals surface area contributed by atoms with E-state index in [2.05, 4.69) is 0 Å². The largest absolute Gasteiger partial charge is 0.437 e. The van der Waals surface area contributed by atoms with E-state index in [0.29, 0.717) is 0 Å². The van der Waals surface area contributed by atoms with Crippen LogP contribution in [0.5, 0.6) is 0 Å². The standard InChI is InChI=1S/C13H20BNO2/c1-13(2,11-8-6-5-7-9-11)12(10-16)15(4)14(3)17/h5-10,12,17H,1-4H3/t12-/m1/s1. The molecule has 0 heterocycles. The summed E-state index contributed by atoms with van der Waals surface area (Å²) in [5.41, 5.74) is 0.749. The molecule has 1 atom stereocenters. The van der Waals surface area contributed by atoms with Gasteiger partial charge in [0.2, 0.25) is 0 Å². The lowest BCUT2D eigenvalue weighted by Crippen LogP contribution is -2.52. The Kier molecular flexibility index (Phi) is 4.49. The number of likely N-dealkylation sites (N-methyl/N-ethyl adjacent to an activating group) is 1. The van der Waals surface area contributed by atoms with Gasteiger partial charge in [0.15, 0.2) is 0 Å². The Bertz CT molecular complexity index is 365. The highest BCUT2D eigenvalue weighted by molar-refractivity contribution is 6.45. The third-order valence-corrected chi connectivity index (χ3v) is 3.41. The van der Waals surface area contributed by atoms with E-state index >= 15 is 0 Å². The summed E-state index contributed by atoms with van der Waals surface area (Å²) in [6.45, 7) is 5.69. The summed E-state index contributed by atoms with van der Waals surface area (Å²) in [7, 11) is 1.11. The molecule has 4 heteroatoms. The Hall–Kier alpha value is -1.13. The molecule has 0 spiro atoms. The normalized spacial score (nSPS) is 13.5. The van der Waals surface area contributed by atoms with Gasteiger partial charge >= 0.3 is 7.05 Å². The smallest absolute Gasteiger partial charge is 0.376 e. The van der Waals surface area contributed by atoms with Gasteiger partial charge in [-0.1, -0.05) is 44.2 Å². The van der Waals surface area contributed by atoms with Gasteiger partial charge in [-0.05, 0) is 19.4 Å². The molecule has 0 aliphatic carbocycles. The fourth-order valence-electron chi connectivity index (χ4n) is 2.05. The quantitative estimate of drug-likeness (QED) is 0.620. The van der Waals surface area contributed by atoms with Crippen LogP contribution in [-0.2, 0) is 10.2 Å². The van der Waals surface area contributed by atoms with Crippen molar-refractivity contribution in [2.24, 2.45) is 0 Å². The first-order valence-corrected chi connectivity index (χ1v) is 5.82. The number of carbonyl (C=O) groups is 1. The van der Waals surface area contributed by atoms with Crippen molar-refractivity contribution in [2.75, 3.05) is 7.05 Å². The molecule has 0 bridgehead atoms. The average molecular weight is 233 g/mol. The molecule has 0 aromatic heterocycles. The first kappa shape index (κ1) is 13.9. The van der Waals surface area contributed by atoms with Crippen molar-refractivity contribution >= 4 is 13.3 Å². The average Bonchev–Trinajstić information content (AvgIpc) is 2.30. The third-order valence-electron chi connectivity index (χ3n) is 3.41. The van der Waals surface area contributed by atoms with Crippen LogP contribution in [0.25, 0.3) is 0 Å². The van der Waals surface area contributed by atoms with Crippen LogP contribution < -0.4 is 0 Å². The predicted octanol–water partition coefficient (Wildman–Crippen LogP) is 1.57. The Balaban J connectivity index is 3.06. The minimum Gasteiger partial charge on any atom is -0.437 e. The third kappa shape index (κ3) is 2.96. The summed E-state index contributed by atoms with van der Waals surface area (Å²) < 4.78 is 0. The number of rotatable bonds is 5. The van der Waals surface area contributed by atoms with Crippen molar-refractivity contribution in [3.63, 3.8) is 0 Å². The summed E-state index contributed by atoms with van der Waals surface area (Å²) in [5, 5.41) is 9.60. The molecule has 92 valence electrons. The number of aldehydes is 1. The van der Waals surface area contributed by atoms with Gasteiger partial charge in [-0.2, -0.15) is 0 Å². The van der Waals surface area contributed by atoms with E-state index in [9.17, 15) is 9.82 Å². The molecule has 0 unspecified atom stereocenters. The molecule has 1 N–H and O–H groups in total. The van der Waals surface area contributed by atoms with Crippen LogP contribution in [0.15, 0.2) is 30.3 Å². The number of benzene rings is 1. The van der Waals surface area contributed by atoms with Crippen LogP contribution in [0.2, 0.25) is 6.82 Å². The zero-order chi connectivity index (χ0) is 13.1. The second-order valence-corrected chi connectivity index (χ2v) is 4.97. The molecular weight excluding hydrogens is 213 g/mol. The van der Waals surface area contributed by atoms with Crippen LogP contribution >= 0.6 is 0 Å². The highest BCUT2D eigenvalue weighted by atomic mass is 16.2. The second-order valence-electron chi connectivity index (χ2n) is 4.97. The Morgan fingerprint density at radius 2 is 1.88 bits per heavy atom. The lowest BCUT2D eigenvalue weighted by atomic mass is 9.73. The molecule has 0 aliphatic heterocycles. The van der Waals surface area contributed by atoms with E-state index in [4.69, 9.17) is 0 Å². The zero-order valence-corrected chi connectivity index (χ0v) is 10.9. The van der Waals surface area contributed by atoms with Gasteiger partial charge in [-0.25, -0.2) is 0 Å². The summed E-state index contributed by atoms with van der Waals surface area (Å²) in [6, 6.07) is 9.53. The first-order valence-electron chi connectivity index (χ1n) is 5.82. The van der Waals surface area contributed by atoms with Crippen molar-refractivity contribution in [1.82, 2.24) is 4.81 Å². The van der Waals surface area contributed by atoms with Gasteiger partial charge in [0, 0.05) is 5.41 Å². The molecule has 0 aliphatic rings. The van der Waals surface area contributed by atoms with Crippen LogP contribution in [-0.4, -0.2) is 36.3 Å². The van der Waals surface area contributed by atoms with Gasteiger partial charge in [0.05, 0.1) is 6.04 Å². The van der Waals surface area contributed by atoms with Gasteiger partial charge in [0.1, 0.15) is 6.29 Å². The molecule has 1 rings (SSSR count). The van der Waals surface area contributed by atoms with Crippen LogP contribution in [0.4, 0.5) is 0 Å². The molecule has 3 nitrogen and oxygen atoms in total. The lowest BCUT2D eigenvalue weighted by Gasteiger charge is -2.38. The van der Waals surface area contributed by atoms with E-state index in [1.165, 1.54) is 0 Å². The van der Waals surface area contributed by atoms with Gasteiger partial charge in [0.25, 0.3) is 0 Å². The topological polar surface area (TPSA) is 40.5 Å². The predicted molar refractivity (Wildman–Crippen MR) is 70.9 cm³/mol. The van der Waals surface area contributed by atoms with Crippen molar-refractivity contribution in [1.29, 1.82) is 0 Å². The van der Waals surface area contributed by atoms with E-state index in [1.54, 1.807) is 18.7 Å². The highest BCUT2D eigenvalue weighted by Gasteiger charge is 2.36. The Morgan fingerprint density at radius 3 is 2.29 bits per heavy atom. The van der Waals surface area contributed by atoms with E-state index in [-0.39, 0.29) is 11.5 Å². The molecule has 17 heavy (non-hydrogen) atoms. The molecule has 0 fully saturated rings. The molecule has 0 saturated carbocycles. The Labute approximate surface area is 104 Å². The van der Waals surface area contributed by atoms with E-state index < -0.39 is 7.05 Å². The monoisotopic (exact) mass is 233 g/mol. The van der Waals surface area contributed by atoms with Gasteiger partial charge < -0.3 is 14.6 Å². The summed E-state index contributed by atoms with van der Waals surface area (Å²) >= 11 is 0. The number of hydrogen-bond donors (Lipinski definition) is 1. The molecule has 1 aromatic rings. The lowest BCUT2D eigenvalue weighted by molar-refractivity contribution is -0.112. The van der Waals surface area contributed by atoms with Crippen molar-refractivity contribution in [3.05, 3.63) is 35.9 Å². The van der Waals surface area contributed by atoms with E-state index in [1.807, 2.05) is 44.2 Å². The maximum absolute atomic E-state index is 11.3. The summed E-state index contributed by atoms with van der Waals surface area (Å²) in [6.07, 6.45) is 0.902. The number of nitrogens with zero attached hydrogens (tertiary/aromatic N) is 1. The first-order chi connectivity index (χ1) is 7.91. The fourth-order valence-corrected chi connectivity index (χ4v) is 2.05. The number of hydrogen-bond acceptors (Lipinski definition) is 3.